The number of aryl methyl sites for hydroxylation is 4. The highest BCUT2D eigenvalue weighted by Gasteiger charge is 2.72. The highest BCUT2D eigenvalue weighted by atomic mass is 19.4. The topological polar surface area (TPSA) is 36.9 Å². The van der Waals surface area contributed by atoms with E-state index in [1.807, 2.05) is 62.4 Å². The Hall–Kier alpha value is -7.46. The van der Waals surface area contributed by atoms with E-state index in [2.05, 4.69) is 76.2 Å². The van der Waals surface area contributed by atoms with Crippen LogP contribution in [0.4, 0.5) is 26.3 Å². The lowest BCUT2D eigenvalue weighted by molar-refractivity contribution is -0.288. The normalized spacial score (nSPS) is 11.8. The smallest absolute Gasteiger partial charge is 0.411 e. The molecule has 0 unspecified atom stereocenters. The van der Waals surface area contributed by atoms with Gasteiger partial charge in [-0.1, -0.05) is 133 Å². The van der Waals surface area contributed by atoms with Gasteiger partial charge in [-0.3, -0.25) is 0 Å². The third-order valence-corrected chi connectivity index (χ3v) is 11.6. The number of halogens is 6. The first-order valence-corrected chi connectivity index (χ1v) is 21.8. The van der Waals surface area contributed by atoms with Crippen LogP contribution in [-0.4, -0.2) is 12.4 Å². The van der Waals surface area contributed by atoms with E-state index in [1.165, 1.54) is 22.3 Å². The molecule has 0 aliphatic heterocycles. The molecule has 0 radical (unpaired) electrons. The van der Waals surface area contributed by atoms with Gasteiger partial charge in [-0.2, -0.15) is 26.3 Å². The van der Waals surface area contributed by atoms with E-state index >= 15 is 0 Å². The van der Waals surface area contributed by atoms with Crippen molar-refractivity contribution in [3.8, 4) is 46.0 Å². The van der Waals surface area contributed by atoms with E-state index in [-0.39, 0.29) is 16.9 Å². The summed E-state index contributed by atoms with van der Waals surface area (Å²) in [6.45, 7) is 12.3. The monoisotopic (exact) mass is 924 g/mol. The summed E-state index contributed by atoms with van der Waals surface area (Å²) in [5.74, 6) is 4.39. The molecule has 68 heavy (non-hydrogen) atoms. The molecule has 10 heteroatoms. The fraction of sp³-hybridized carbons (Fsp3) is 0.172. The summed E-state index contributed by atoms with van der Waals surface area (Å²) in [6.07, 6.45) is -11.4. The van der Waals surface area contributed by atoms with Gasteiger partial charge in [-0.15, -0.1) is 0 Å². The molecule has 0 N–H and O–H groups in total. The Bertz CT molecular complexity index is 2650. The molecular formula is C58H50F6O4. The van der Waals surface area contributed by atoms with E-state index in [0.717, 1.165) is 82.7 Å². The van der Waals surface area contributed by atoms with Gasteiger partial charge in [0.25, 0.3) is 0 Å². The SMILES string of the molecule is Cc1ccc(Oc2ccc(C(C)(C)c3ccc(Oc4ccc(C)cc4)cc3)cc2)cc1.Cc1ccc(Oc2ccc(C(c3ccc(Oc4ccc(C)cc4)cc3)(C(F)(F)F)C(F)(F)F)cc2)cc1. The Balaban J connectivity index is 0.000000204. The molecule has 8 aromatic rings. The zero-order valence-corrected chi connectivity index (χ0v) is 38.4. The molecule has 0 saturated carbocycles. The van der Waals surface area contributed by atoms with Crippen molar-refractivity contribution >= 4 is 0 Å². The number of hydrogen-bond acceptors (Lipinski definition) is 4. The second-order valence-corrected chi connectivity index (χ2v) is 17.1. The van der Waals surface area contributed by atoms with E-state index < -0.39 is 28.9 Å². The Labute approximate surface area is 393 Å². The quantitative estimate of drug-likeness (QED) is 0.114. The van der Waals surface area contributed by atoms with Gasteiger partial charge >= 0.3 is 12.4 Å². The van der Waals surface area contributed by atoms with Crippen molar-refractivity contribution in [2.24, 2.45) is 0 Å². The van der Waals surface area contributed by atoms with Crippen LogP contribution in [-0.2, 0) is 10.8 Å². The minimum atomic E-state index is -5.69. The van der Waals surface area contributed by atoms with Gasteiger partial charge in [0.15, 0.2) is 0 Å². The minimum absolute atomic E-state index is 0.104. The molecule has 4 nitrogen and oxygen atoms in total. The molecular weight excluding hydrogens is 875 g/mol. The van der Waals surface area contributed by atoms with Gasteiger partial charge in [0.1, 0.15) is 46.0 Å². The summed E-state index contributed by atoms with van der Waals surface area (Å²) < 4.78 is 110. The van der Waals surface area contributed by atoms with Crippen molar-refractivity contribution < 1.29 is 45.3 Å². The number of rotatable bonds is 12. The average molecular weight is 925 g/mol. The lowest BCUT2D eigenvalue weighted by Gasteiger charge is -2.38. The van der Waals surface area contributed by atoms with Crippen molar-refractivity contribution in [2.75, 3.05) is 0 Å². The van der Waals surface area contributed by atoms with Crippen LogP contribution in [0.25, 0.3) is 0 Å². The predicted molar refractivity (Wildman–Crippen MR) is 256 cm³/mol. The molecule has 8 aromatic carbocycles. The van der Waals surface area contributed by atoms with E-state index in [1.54, 1.807) is 48.5 Å². The molecule has 348 valence electrons. The molecule has 0 fully saturated rings. The molecule has 0 amide bonds. The number of alkyl halides is 6. The van der Waals surface area contributed by atoms with Crippen LogP contribution in [0.2, 0.25) is 0 Å². The summed E-state index contributed by atoms with van der Waals surface area (Å²) in [6, 6.07) is 54.1. The molecule has 0 heterocycles. The Kier molecular flexibility index (Phi) is 14.4. The largest absolute Gasteiger partial charge is 0.457 e. The van der Waals surface area contributed by atoms with Crippen molar-refractivity contribution in [2.45, 2.75) is 64.7 Å². The van der Waals surface area contributed by atoms with Crippen LogP contribution in [0.1, 0.15) is 58.4 Å². The second kappa shape index (κ2) is 20.2. The summed E-state index contributed by atoms with van der Waals surface area (Å²) in [5.41, 5.74) is 0.504. The number of hydrogen-bond donors (Lipinski definition) is 0. The second-order valence-electron chi connectivity index (χ2n) is 17.1. The first kappa shape index (κ1) is 48.5. The van der Waals surface area contributed by atoms with Crippen LogP contribution in [0.3, 0.4) is 0 Å². The summed E-state index contributed by atoms with van der Waals surface area (Å²) in [4.78, 5) is 0. The Morgan fingerprint density at radius 3 is 0.588 bits per heavy atom. The first-order valence-electron chi connectivity index (χ1n) is 21.8. The van der Waals surface area contributed by atoms with Gasteiger partial charge < -0.3 is 18.9 Å². The van der Waals surface area contributed by atoms with Crippen molar-refractivity contribution in [1.29, 1.82) is 0 Å². The van der Waals surface area contributed by atoms with E-state index in [9.17, 15) is 26.3 Å². The molecule has 8 rings (SSSR count). The van der Waals surface area contributed by atoms with Gasteiger partial charge in [-0.05, 0) is 147 Å². The predicted octanol–water partition coefficient (Wildman–Crippen LogP) is 17.5. The lowest BCUT2D eigenvalue weighted by Crippen LogP contribution is -2.54. The third kappa shape index (κ3) is 11.4. The van der Waals surface area contributed by atoms with Crippen LogP contribution in [0.15, 0.2) is 194 Å². The maximum Gasteiger partial charge on any atom is 0.411 e. The first-order chi connectivity index (χ1) is 32.3. The average Bonchev–Trinajstić information content (AvgIpc) is 3.30. The van der Waals surface area contributed by atoms with E-state index in [0.29, 0.717) is 11.5 Å². The lowest BCUT2D eigenvalue weighted by atomic mass is 9.73. The Morgan fingerprint density at radius 2 is 0.412 bits per heavy atom. The highest BCUT2D eigenvalue weighted by Crippen LogP contribution is 2.56. The van der Waals surface area contributed by atoms with Crippen LogP contribution < -0.4 is 18.9 Å². The molecule has 0 aromatic heterocycles. The maximum absolute atomic E-state index is 14.4. The highest BCUT2D eigenvalue weighted by molar-refractivity contribution is 5.49. The van der Waals surface area contributed by atoms with E-state index in [4.69, 9.17) is 18.9 Å². The minimum Gasteiger partial charge on any atom is -0.457 e. The third-order valence-electron chi connectivity index (χ3n) is 11.6. The van der Waals surface area contributed by atoms with Gasteiger partial charge in [0.05, 0.1) is 0 Å². The summed E-state index contributed by atoms with van der Waals surface area (Å²) in [7, 11) is 0. The zero-order chi connectivity index (χ0) is 48.7. The fourth-order valence-corrected chi connectivity index (χ4v) is 7.54. The Morgan fingerprint density at radius 1 is 0.250 bits per heavy atom. The molecule has 0 atom stereocenters. The summed E-state index contributed by atoms with van der Waals surface area (Å²) >= 11 is 0. The number of benzene rings is 8. The van der Waals surface area contributed by atoms with Crippen LogP contribution in [0.5, 0.6) is 46.0 Å². The van der Waals surface area contributed by atoms with Gasteiger partial charge in [0.2, 0.25) is 5.41 Å². The molecule has 0 bridgehead atoms. The number of ether oxygens (including phenoxy) is 4. The van der Waals surface area contributed by atoms with Crippen LogP contribution in [0, 0.1) is 27.7 Å². The van der Waals surface area contributed by atoms with Crippen molar-refractivity contribution in [3.63, 3.8) is 0 Å². The van der Waals surface area contributed by atoms with Gasteiger partial charge in [0, 0.05) is 5.41 Å². The summed E-state index contributed by atoms with van der Waals surface area (Å²) in [5, 5.41) is 0. The van der Waals surface area contributed by atoms with Crippen molar-refractivity contribution in [3.05, 3.63) is 239 Å². The standard InChI is InChI=1S/C29H22F6O2.C29H28O2/c1-19-3-11-23(12-4-19)36-25-15-7-21(8-16-25)27(28(30,31)32,29(33,34)35)22-9-17-26(18-10-22)37-24-13-5-20(2)6-14-24;1-21-5-13-25(14-6-21)30-27-17-9-23(10-18-27)29(3,4)24-11-19-28(20-12-24)31-26-15-7-22(2)8-16-26/h3-18H,1-2H3;5-20H,1-4H3. The molecule has 0 aliphatic rings. The van der Waals surface area contributed by atoms with Crippen molar-refractivity contribution in [1.82, 2.24) is 0 Å². The zero-order valence-electron chi connectivity index (χ0n) is 38.4. The van der Waals surface area contributed by atoms with Gasteiger partial charge in [-0.25, -0.2) is 0 Å². The molecule has 0 saturated heterocycles. The molecule has 0 aliphatic carbocycles. The van der Waals surface area contributed by atoms with Crippen LogP contribution >= 0.6 is 0 Å². The maximum atomic E-state index is 14.4. The molecule has 0 spiro atoms. The fourth-order valence-electron chi connectivity index (χ4n) is 7.54.